The predicted octanol–water partition coefficient (Wildman–Crippen LogP) is 2.66. The summed E-state index contributed by atoms with van der Waals surface area (Å²) in [5.41, 5.74) is 15.2. The van der Waals surface area contributed by atoms with Crippen LogP contribution in [0.2, 0.25) is 0 Å². The lowest BCUT2D eigenvalue weighted by Gasteiger charge is -2.43. The van der Waals surface area contributed by atoms with Crippen molar-refractivity contribution < 1.29 is 4.74 Å². The van der Waals surface area contributed by atoms with Gasteiger partial charge in [-0.15, -0.1) is 0 Å². The van der Waals surface area contributed by atoms with Crippen molar-refractivity contribution in [3.63, 3.8) is 0 Å². The highest BCUT2D eigenvalue weighted by molar-refractivity contribution is 5.74. The molecule has 0 bridgehead atoms. The maximum atomic E-state index is 5.93. The molecule has 8 heteroatoms. The summed E-state index contributed by atoms with van der Waals surface area (Å²) >= 11 is 0. The Morgan fingerprint density at radius 1 is 0.938 bits per heavy atom. The summed E-state index contributed by atoms with van der Waals surface area (Å²) in [5, 5.41) is 0. The van der Waals surface area contributed by atoms with Gasteiger partial charge in [0.2, 0.25) is 0 Å². The molecule has 2 aliphatic heterocycles. The van der Waals surface area contributed by atoms with E-state index in [0.29, 0.717) is 29.4 Å². The molecular formula is C24H37N7O. The van der Waals surface area contributed by atoms with Crippen molar-refractivity contribution in [1.82, 2.24) is 19.8 Å². The van der Waals surface area contributed by atoms with E-state index in [9.17, 15) is 0 Å². The summed E-state index contributed by atoms with van der Waals surface area (Å²) in [6, 6.07) is 6.55. The van der Waals surface area contributed by atoms with Crippen molar-refractivity contribution in [1.29, 1.82) is 0 Å². The van der Waals surface area contributed by atoms with E-state index in [1.54, 1.807) is 13.2 Å². The zero-order valence-electron chi connectivity index (χ0n) is 19.8. The lowest BCUT2D eigenvalue weighted by atomic mass is 9.94. The van der Waals surface area contributed by atoms with E-state index in [0.717, 1.165) is 24.4 Å². The van der Waals surface area contributed by atoms with Crippen LogP contribution in [-0.4, -0.2) is 79.2 Å². The SMILES string of the molecule is COc1cc(N2CCC(N3CCN(C)CC3)CC2)c(C(C)C)cc1-c1nc(N)cc(N)n1. The highest BCUT2D eigenvalue weighted by Gasteiger charge is 2.28. The second-order valence-electron chi connectivity index (χ2n) is 9.36. The molecule has 2 saturated heterocycles. The van der Waals surface area contributed by atoms with Crippen molar-refractivity contribution in [2.24, 2.45) is 0 Å². The molecule has 0 atom stereocenters. The van der Waals surface area contributed by atoms with Gasteiger partial charge in [0.25, 0.3) is 0 Å². The number of rotatable bonds is 5. The molecule has 0 aliphatic carbocycles. The van der Waals surface area contributed by atoms with Gasteiger partial charge in [-0.3, -0.25) is 4.90 Å². The minimum absolute atomic E-state index is 0.350. The highest BCUT2D eigenvalue weighted by atomic mass is 16.5. The van der Waals surface area contributed by atoms with E-state index in [1.807, 2.05) is 0 Å². The standard InChI is InChI=1S/C24H37N7O/c1-16(2)18-13-19(24-27-22(25)15-23(26)28-24)21(32-4)14-20(18)31-7-5-17(6-8-31)30-11-9-29(3)10-12-30/h13-17H,5-12H2,1-4H3,(H4,25,26,27,28). The normalized spacial score (nSPS) is 19.0. The van der Waals surface area contributed by atoms with E-state index in [4.69, 9.17) is 16.2 Å². The fourth-order valence-electron chi connectivity index (χ4n) is 4.93. The maximum absolute atomic E-state index is 5.93. The smallest absolute Gasteiger partial charge is 0.167 e. The number of benzene rings is 1. The first-order valence-electron chi connectivity index (χ1n) is 11.7. The Balaban J connectivity index is 1.59. The Hall–Kier alpha value is -2.58. The second kappa shape index (κ2) is 9.50. The Bertz CT molecular complexity index is 912. The summed E-state index contributed by atoms with van der Waals surface area (Å²) in [6.45, 7) is 11.3. The molecule has 0 radical (unpaired) electrons. The van der Waals surface area contributed by atoms with E-state index < -0.39 is 0 Å². The molecule has 0 unspecified atom stereocenters. The number of hydrogen-bond donors (Lipinski definition) is 2. The van der Waals surface area contributed by atoms with E-state index in [1.165, 1.54) is 50.3 Å². The zero-order chi connectivity index (χ0) is 22.8. The van der Waals surface area contributed by atoms with Crippen LogP contribution < -0.4 is 21.1 Å². The molecular weight excluding hydrogens is 402 g/mol. The third-order valence-corrected chi connectivity index (χ3v) is 6.84. The van der Waals surface area contributed by atoms with Gasteiger partial charge in [0.05, 0.1) is 12.7 Å². The number of aromatic nitrogens is 2. The van der Waals surface area contributed by atoms with Crippen LogP contribution in [0, 0.1) is 0 Å². The molecule has 2 fully saturated rings. The summed E-state index contributed by atoms with van der Waals surface area (Å²) in [4.78, 5) is 16.4. The van der Waals surface area contributed by atoms with E-state index in [-0.39, 0.29) is 0 Å². The minimum Gasteiger partial charge on any atom is -0.496 e. The molecule has 32 heavy (non-hydrogen) atoms. The fraction of sp³-hybridized carbons (Fsp3) is 0.583. The maximum Gasteiger partial charge on any atom is 0.167 e. The van der Waals surface area contributed by atoms with E-state index in [2.05, 4.69) is 57.7 Å². The Labute approximate surface area is 191 Å². The lowest BCUT2D eigenvalue weighted by Crippen LogP contribution is -2.52. The third-order valence-electron chi connectivity index (χ3n) is 6.84. The minimum atomic E-state index is 0.350. The van der Waals surface area contributed by atoms with Gasteiger partial charge < -0.3 is 26.0 Å². The van der Waals surface area contributed by atoms with E-state index >= 15 is 0 Å². The van der Waals surface area contributed by atoms with Crippen LogP contribution in [0.3, 0.4) is 0 Å². The molecule has 2 aromatic rings. The quantitative estimate of drug-likeness (QED) is 0.734. The number of nitrogens with two attached hydrogens (primary N) is 2. The molecule has 4 rings (SSSR count). The molecule has 8 nitrogen and oxygen atoms in total. The molecule has 0 saturated carbocycles. The van der Waals surface area contributed by atoms with Crippen molar-refractivity contribution in [3.8, 4) is 17.1 Å². The highest BCUT2D eigenvalue weighted by Crippen LogP contribution is 2.39. The van der Waals surface area contributed by atoms with Crippen LogP contribution in [0.5, 0.6) is 5.75 Å². The average Bonchev–Trinajstić information content (AvgIpc) is 2.78. The van der Waals surface area contributed by atoms with Crippen LogP contribution in [0.1, 0.15) is 38.2 Å². The molecule has 3 heterocycles. The third kappa shape index (κ3) is 4.76. The zero-order valence-corrected chi connectivity index (χ0v) is 19.8. The van der Waals surface area contributed by atoms with Gasteiger partial charge in [-0.25, -0.2) is 9.97 Å². The Kier molecular flexibility index (Phi) is 6.71. The number of piperidine rings is 1. The van der Waals surface area contributed by atoms with Gasteiger partial charge >= 0.3 is 0 Å². The van der Waals surface area contributed by atoms with Gasteiger partial charge in [0, 0.05) is 63.1 Å². The molecule has 1 aromatic carbocycles. The molecule has 0 spiro atoms. The summed E-state index contributed by atoms with van der Waals surface area (Å²) in [5.74, 6) is 2.31. The van der Waals surface area contributed by atoms with Crippen molar-refractivity contribution in [3.05, 3.63) is 23.8 Å². The first kappa shape index (κ1) is 22.6. The number of nitrogen functional groups attached to an aromatic ring is 2. The summed E-state index contributed by atoms with van der Waals surface area (Å²) in [7, 11) is 3.90. The van der Waals surface area contributed by atoms with Crippen LogP contribution in [0.15, 0.2) is 18.2 Å². The second-order valence-corrected chi connectivity index (χ2v) is 9.36. The van der Waals surface area contributed by atoms with Gasteiger partial charge in [0.1, 0.15) is 17.4 Å². The van der Waals surface area contributed by atoms with Gasteiger partial charge in [-0.1, -0.05) is 13.8 Å². The largest absolute Gasteiger partial charge is 0.496 e. The number of likely N-dealkylation sites (N-methyl/N-ethyl adjacent to an activating group) is 1. The van der Waals surface area contributed by atoms with Crippen molar-refractivity contribution in [2.75, 3.05) is 69.8 Å². The van der Waals surface area contributed by atoms with Crippen LogP contribution in [0.4, 0.5) is 17.3 Å². The number of nitrogens with zero attached hydrogens (tertiary/aromatic N) is 5. The first-order chi connectivity index (χ1) is 15.4. The number of hydrogen-bond acceptors (Lipinski definition) is 8. The number of anilines is 3. The first-order valence-corrected chi connectivity index (χ1v) is 11.7. The molecule has 0 amide bonds. The summed E-state index contributed by atoms with van der Waals surface area (Å²) in [6.07, 6.45) is 2.39. The van der Waals surface area contributed by atoms with Gasteiger partial charge in [-0.2, -0.15) is 0 Å². The monoisotopic (exact) mass is 439 g/mol. The number of ether oxygens (including phenoxy) is 1. The van der Waals surface area contributed by atoms with Crippen molar-refractivity contribution >= 4 is 17.3 Å². The van der Waals surface area contributed by atoms with Crippen LogP contribution in [0.25, 0.3) is 11.4 Å². The predicted molar refractivity (Wildman–Crippen MR) is 131 cm³/mol. The van der Waals surface area contributed by atoms with Gasteiger partial charge in [0.15, 0.2) is 5.82 Å². The van der Waals surface area contributed by atoms with Crippen molar-refractivity contribution in [2.45, 2.75) is 38.6 Å². The number of methoxy groups -OCH3 is 1. The van der Waals surface area contributed by atoms with Gasteiger partial charge in [-0.05, 0) is 37.4 Å². The topological polar surface area (TPSA) is 96.8 Å². The average molecular weight is 440 g/mol. The fourth-order valence-corrected chi connectivity index (χ4v) is 4.93. The van der Waals surface area contributed by atoms with Crippen LogP contribution in [-0.2, 0) is 0 Å². The molecule has 174 valence electrons. The van der Waals surface area contributed by atoms with Crippen LogP contribution >= 0.6 is 0 Å². The Morgan fingerprint density at radius 3 is 2.12 bits per heavy atom. The number of piperazine rings is 1. The molecule has 4 N–H and O–H groups in total. The molecule has 2 aliphatic rings. The summed E-state index contributed by atoms with van der Waals surface area (Å²) < 4.78 is 5.77. The molecule has 1 aromatic heterocycles. The lowest BCUT2D eigenvalue weighted by molar-refractivity contribution is 0.0982. The Morgan fingerprint density at radius 2 is 1.56 bits per heavy atom.